The number of nitrogens with two attached hydrogens (primary N) is 1. The van der Waals surface area contributed by atoms with Crippen molar-refractivity contribution in [3.63, 3.8) is 0 Å². The molecule has 6 nitrogen and oxygen atoms in total. The van der Waals surface area contributed by atoms with Crippen LogP contribution in [-0.4, -0.2) is 24.8 Å². The van der Waals surface area contributed by atoms with E-state index in [0.717, 1.165) is 37.3 Å². The molecule has 0 atom stereocenters. The summed E-state index contributed by atoms with van der Waals surface area (Å²) < 4.78 is 17.3. The predicted molar refractivity (Wildman–Crippen MR) is 114 cm³/mol. The first kappa shape index (κ1) is 19.3. The fourth-order valence-electron chi connectivity index (χ4n) is 3.57. The van der Waals surface area contributed by atoms with Gasteiger partial charge in [-0.25, -0.2) is 0 Å². The van der Waals surface area contributed by atoms with Crippen molar-refractivity contribution in [2.75, 3.05) is 25.6 Å². The molecule has 152 valence electrons. The molecule has 6 heteroatoms. The lowest BCUT2D eigenvalue weighted by molar-refractivity contribution is 0.0497. The summed E-state index contributed by atoms with van der Waals surface area (Å²) in [6.07, 6.45) is 2.03. The number of aromatic amines is 1. The first-order chi connectivity index (χ1) is 14.1. The van der Waals surface area contributed by atoms with E-state index in [9.17, 15) is 4.79 Å². The topological polar surface area (TPSA) is 86.6 Å². The molecule has 0 unspecified atom stereocenters. The maximum absolute atomic E-state index is 12.6. The molecule has 2 heterocycles. The van der Waals surface area contributed by atoms with Crippen molar-refractivity contribution >= 4 is 16.6 Å². The monoisotopic (exact) mass is 394 g/mol. The zero-order valence-electron chi connectivity index (χ0n) is 16.6. The summed E-state index contributed by atoms with van der Waals surface area (Å²) in [5.74, 6) is 1.80. The van der Waals surface area contributed by atoms with Gasteiger partial charge in [-0.2, -0.15) is 0 Å². The molecule has 0 bridgehead atoms. The number of ether oxygens (including phenoxy) is 3. The molecule has 0 amide bonds. The van der Waals surface area contributed by atoms with Gasteiger partial charge in [-0.3, -0.25) is 4.79 Å². The third-order valence-corrected chi connectivity index (χ3v) is 5.36. The minimum atomic E-state index is 0.0195. The predicted octanol–water partition coefficient (Wildman–Crippen LogP) is 3.80. The number of anilines is 1. The number of benzene rings is 2. The molecular formula is C23H26N2O4. The molecule has 3 N–H and O–H groups in total. The van der Waals surface area contributed by atoms with E-state index in [0.29, 0.717) is 40.7 Å². The Kier molecular flexibility index (Phi) is 5.71. The third-order valence-electron chi connectivity index (χ3n) is 5.36. The first-order valence-electron chi connectivity index (χ1n) is 9.94. The summed E-state index contributed by atoms with van der Waals surface area (Å²) in [7, 11) is 0. The van der Waals surface area contributed by atoms with Gasteiger partial charge in [0.2, 0.25) is 0 Å². The van der Waals surface area contributed by atoms with Crippen LogP contribution in [0.2, 0.25) is 0 Å². The zero-order chi connectivity index (χ0) is 20.2. The number of para-hydroxylation sites is 1. The number of pyridine rings is 1. The second-order valence-electron chi connectivity index (χ2n) is 7.50. The number of fused-ring (bicyclic) bond motifs is 1. The molecule has 1 aliphatic heterocycles. The normalized spacial score (nSPS) is 14.8. The van der Waals surface area contributed by atoms with Crippen molar-refractivity contribution in [3.05, 3.63) is 63.9 Å². The van der Waals surface area contributed by atoms with E-state index in [1.807, 2.05) is 37.3 Å². The van der Waals surface area contributed by atoms with Crippen LogP contribution in [0.3, 0.4) is 0 Å². The summed E-state index contributed by atoms with van der Waals surface area (Å²) >= 11 is 0. The van der Waals surface area contributed by atoms with Crippen LogP contribution in [0.15, 0.2) is 47.3 Å². The van der Waals surface area contributed by atoms with Crippen LogP contribution in [0.4, 0.5) is 5.69 Å². The lowest BCUT2D eigenvalue weighted by atomic mass is 10.0. The van der Waals surface area contributed by atoms with E-state index in [4.69, 9.17) is 19.9 Å². The highest BCUT2D eigenvalue weighted by Crippen LogP contribution is 2.26. The standard InChI is InChI=1S/C23H26N2O4/c1-15-22(25-21-5-3-2-4-20(21)23(15)26)14-29-19-11-17(24)10-18(12-19)28-13-16-6-8-27-9-7-16/h2-5,10-12,16H,6-9,13-14,24H2,1H3,(H,25,26). The number of H-pyrrole nitrogens is 1. The van der Waals surface area contributed by atoms with Crippen LogP contribution in [0.5, 0.6) is 11.5 Å². The zero-order valence-corrected chi connectivity index (χ0v) is 16.6. The van der Waals surface area contributed by atoms with Gasteiger partial charge in [0, 0.05) is 53.6 Å². The average Bonchev–Trinajstić information content (AvgIpc) is 2.74. The molecule has 1 fully saturated rings. The number of nitrogens with one attached hydrogen (secondary N) is 1. The Balaban J connectivity index is 1.47. The van der Waals surface area contributed by atoms with Crippen LogP contribution < -0.4 is 20.6 Å². The second kappa shape index (κ2) is 8.57. The van der Waals surface area contributed by atoms with Gasteiger partial charge in [-0.15, -0.1) is 0 Å². The molecule has 1 aliphatic rings. The molecule has 0 aliphatic carbocycles. The van der Waals surface area contributed by atoms with Gasteiger partial charge in [0.05, 0.1) is 12.3 Å². The molecule has 29 heavy (non-hydrogen) atoms. The molecule has 0 radical (unpaired) electrons. The molecule has 4 rings (SSSR count). The summed E-state index contributed by atoms with van der Waals surface area (Å²) in [6.45, 7) is 4.29. The van der Waals surface area contributed by atoms with Crippen LogP contribution in [0.1, 0.15) is 24.1 Å². The number of nitrogen functional groups attached to an aromatic ring is 1. The Morgan fingerprint density at radius 2 is 1.83 bits per heavy atom. The Bertz CT molecular complexity index is 1050. The summed E-state index contributed by atoms with van der Waals surface area (Å²) in [5, 5.41) is 0.682. The molecule has 2 aromatic carbocycles. The van der Waals surface area contributed by atoms with Crippen molar-refractivity contribution in [1.82, 2.24) is 4.98 Å². The summed E-state index contributed by atoms with van der Waals surface area (Å²) in [6, 6.07) is 12.9. The highest BCUT2D eigenvalue weighted by molar-refractivity contribution is 5.79. The van der Waals surface area contributed by atoms with Crippen molar-refractivity contribution < 1.29 is 14.2 Å². The lowest BCUT2D eigenvalue weighted by Crippen LogP contribution is -2.21. The number of rotatable bonds is 6. The van der Waals surface area contributed by atoms with E-state index in [2.05, 4.69) is 4.98 Å². The van der Waals surface area contributed by atoms with Gasteiger partial charge >= 0.3 is 0 Å². The maximum Gasteiger partial charge on any atom is 0.192 e. The quantitative estimate of drug-likeness (QED) is 0.621. The van der Waals surface area contributed by atoms with E-state index in [1.54, 1.807) is 12.1 Å². The van der Waals surface area contributed by atoms with Crippen molar-refractivity contribution in [2.24, 2.45) is 5.92 Å². The highest BCUT2D eigenvalue weighted by atomic mass is 16.5. The SMILES string of the molecule is Cc1c(COc2cc(N)cc(OCC3CCOCC3)c2)[nH]c2ccccc2c1=O. The minimum absolute atomic E-state index is 0.0195. The van der Waals surface area contributed by atoms with Crippen molar-refractivity contribution in [1.29, 1.82) is 0 Å². The van der Waals surface area contributed by atoms with E-state index < -0.39 is 0 Å². The third kappa shape index (κ3) is 4.54. The van der Waals surface area contributed by atoms with Crippen LogP contribution in [0, 0.1) is 12.8 Å². The molecule has 0 spiro atoms. The molecule has 3 aromatic rings. The van der Waals surface area contributed by atoms with Crippen LogP contribution in [0.25, 0.3) is 10.9 Å². The average molecular weight is 394 g/mol. The lowest BCUT2D eigenvalue weighted by Gasteiger charge is -2.22. The van der Waals surface area contributed by atoms with E-state index >= 15 is 0 Å². The van der Waals surface area contributed by atoms with Gasteiger partial charge in [0.1, 0.15) is 18.1 Å². The van der Waals surface area contributed by atoms with Gasteiger partial charge < -0.3 is 24.9 Å². The Labute approximate surface area is 169 Å². The van der Waals surface area contributed by atoms with Crippen LogP contribution in [-0.2, 0) is 11.3 Å². The Hall–Kier alpha value is -2.99. The van der Waals surface area contributed by atoms with Gasteiger partial charge in [0.25, 0.3) is 0 Å². The fourth-order valence-corrected chi connectivity index (χ4v) is 3.57. The largest absolute Gasteiger partial charge is 0.493 e. The van der Waals surface area contributed by atoms with Crippen molar-refractivity contribution in [3.8, 4) is 11.5 Å². The van der Waals surface area contributed by atoms with Gasteiger partial charge in [-0.1, -0.05) is 12.1 Å². The smallest absolute Gasteiger partial charge is 0.192 e. The van der Waals surface area contributed by atoms with E-state index in [-0.39, 0.29) is 12.0 Å². The minimum Gasteiger partial charge on any atom is -0.493 e. The van der Waals surface area contributed by atoms with Gasteiger partial charge in [0.15, 0.2) is 5.43 Å². The molecule has 1 saturated heterocycles. The second-order valence-corrected chi connectivity index (χ2v) is 7.50. The molecular weight excluding hydrogens is 368 g/mol. The molecule has 1 aromatic heterocycles. The maximum atomic E-state index is 12.6. The molecule has 0 saturated carbocycles. The Morgan fingerprint density at radius 1 is 1.10 bits per heavy atom. The highest BCUT2D eigenvalue weighted by Gasteiger charge is 2.15. The first-order valence-corrected chi connectivity index (χ1v) is 9.94. The number of aromatic nitrogens is 1. The van der Waals surface area contributed by atoms with E-state index in [1.165, 1.54) is 0 Å². The fraction of sp³-hybridized carbons (Fsp3) is 0.348. The van der Waals surface area contributed by atoms with Crippen LogP contribution >= 0.6 is 0 Å². The Morgan fingerprint density at radius 3 is 2.62 bits per heavy atom. The summed E-state index contributed by atoms with van der Waals surface area (Å²) in [4.78, 5) is 15.9. The summed E-state index contributed by atoms with van der Waals surface area (Å²) in [5.41, 5.74) is 8.83. The van der Waals surface area contributed by atoms with Crippen molar-refractivity contribution in [2.45, 2.75) is 26.4 Å². The van der Waals surface area contributed by atoms with Gasteiger partial charge in [-0.05, 0) is 37.8 Å². The number of hydrogen-bond acceptors (Lipinski definition) is 5. The number of hydrogen-bond donors (Lipinski definition) is 2.